The Hall–Kier alpha value is -2.73. The Morgan fingerprint density at radius 3 is 2.59 bits per heavy atom. The molecule has 3 aromatic rings. The Kier molecular flexibility index (Phi) is 5.96. The molecule has 0 bridgehead atoms. The summed E-state index contributed by atoms with van der Waals surface area (Å²) in [6.45, 7) is 3.00. The van der Waals surface area contributed by atoms with E-state index in [1.807, 2.05) is 22.8 Å². The van der Waals surface area contributed by atoms with Gasteiger partial charge < -0.3 is 20.1 Å². The van der Waals surface area contributed by atoms with Gasteiger partial charge in [-0.25, -0.2) is 4.79 Å². The van der Waals surface area contributed by atoms with Gasteiger partial charge in [-0.1, -0.05) is 37.5 Å². The molecule has 2 N–H and O–H groups in total. The number of hydrogen-bond acceptors (Lipinski definition) is 4. The zero-order valence-electron chi connectivity index (χ0n) is 19.3. The van der Waals surface area contributed by atoms with Crippen LogP contribution in [0.15, 0.2) is 47.3 Å². The number of hydrogen-bond donors (Lipinski definition) is 2. The molecule has 2 aliphatic rings. The van der Waals surface area contributed by atoms with Crippen LogP contribution in [0.25, 0.3) is 11.0 Å². The first-order chi connectivity index (χ1) is 15.6. The first-order valence-electron chi connectivity index (χ1n) is 12.1. The van der Waals surface area contributed by atoms with Crippen LogP contribution in [0.1, 0.15) is 38.5 Å². The fraction of sp³-hybridized carbons (Fsp3) is 0.500. The molecule has 0 radical (unpaired) electrons. The van der Waals surface area contributed by atoms with Crippen LogP contribution in [0.2, 0.25) is 0 Å². The number of aromatic amines is 1. The molecule has 170 valence electrons. The highest BCUT2D eigenvalue weighted by molar-refractivity contribution is 5.90. The van der Waals surface area contributed by atoms with Crippen molar-refractivity contribution in [2.75, 3.05) is 37.4 Å². The van der Waals surface area contributed by atoms with E-state index in [0.29, 0.717) is 12.0 Å². The number of aromatic nitrogens is 2. The second kappa shape index (κ2) is 9.02. The van der Waals surface area contributed by atoms with Gasteiger partial charge in [0.2, 0.25) is 0 Å². The van der Waals surface area contributed by atoms with Gasteiger partial charge in [0.05, 0.1) is 22.4 Å². The summed E-state index contributed by atoms with van der Waals surface area (Å²) in [5.41, 5.74) is 5.17. The molecule has 6 nitrogen and oxygen atoms in total. The standard InChI is InChI=1S/C26H35N5O/c1-29-14-13-21(18-29)30(2)24-16-25-23(15-22(24)27-20-11-7-4-8-12-20)28-26(32)31(25)17-19-9-5-3-6-10-19/h4,7-8,11-12,15-16,19,21,27H,3,5-6,9-10,13-14,17-18H2,1-2H3,(H,28,32). The van der Waals surface area contributed by atoms with Gasteiger partial charge in [-0.15, -0.1) is 0 Å². The highest BCUT2D eigenvalue weighted by atomic mass is 16.1. The van der Waals surface area contributed by atoms with E-state index in [4.69, 9.17) is 0 Å². The molecule has 1 aromatic heterocycles. The summed E-state index contributed by atoms with van der Waals surface area (Å²) in [6.07, 6.45) is 7.52. The lowest BCUT2D eigenvalue weighted by atomic mass is 9.89. The number of rotatable bonds is 6. The van der Waals surface area contributed by atoms with E-state index in [0.717, 1.165) is 54.2 Å². The summed E-state index contributed by atoms with van der Waals surface area (Å²) < 4.78 is 1.98. The maximum atomic E-state index is 12.9. The van der Waals surface area contributed by atoms with Gasteiger partial charge >= 0.3 is 5.69 Å². The quantitative estimate of drug-likeness (QED) is 0.587. The van der Waals surface area contributed by atoms with E-state index >= 15 is 0 Å². The average Bonchev–Trinajstić information content (AvgIpc) is 3.37. The molecule has 5 rings (SSSR count). The van der Waals surface area contributed by atoms with Crippen LogP contribution >= 0.6 is 0 Å². The molecule has 32 heavy (non-hydrogen) atoms. The van der Waals surface area contributed by atoms with Crippen LogP contribution in [-0.4, -0.2) is 47.7 Å². The van der Waals surface area contributed by atoms with Crippen LogP contribution in [0.4, 0.5) is 17.1 Å². The predicted octanol–water partition coefficient (Wildman–Crippen LogP) is 4.79. The molecule has 6 heteroatoms. The number of likely N-dealkylation sites (tertiary alicyclic amines) is 1. The lowest BCUT2D eigenvalue weighted by Gasteiger charge is -2.29. The Labute approximate surface area is 190 Å². The van der Waals surface area contributed by atoms with Crippen molar-refractivity contribution in [1.82, 2.24) is 14.5 Å². The summed E-state index contributed by atoms with van der Waals surface area (Å²) in [4.78, 5) is 20.8. The summed E-state index contributed by atoms with van der Waals surface area (Å²) in [6, 6.07) is 15.1. The molecule has 1 aliphatic heterocycles. The van der Waals surface area contributed by atoms with Gasteiger partial charge in [0.15, 0.2) is 0 Å². The molecule has 1 aliphatic carbocycles. The number of H-pyrrole nitrogens is 1. The second-order valence-electron chi connectivity index (χ2n) is 9.74. The Morgan fingerprint density at radius 1 is 1.09 bits per heavy atom. The predicted molar refractivity (Wildman–Crippen MR) is 133 cm³/mol. The average molecular weight is 434 g/mol. The minimum absolute atomic E-state index is 0.0108. The van der Waals surface area contributed by atoms with Crippen LogP contribution in [0.3, 0.4) is 0 Å². The highest BCUT2D eigenvalue weighted by Crippen LogP contribution is 2.35. The van der Waals surface area contributed by atoms with Crippen molar-refractivity contribution in [3.8, 4) is 0 Å². The third kappa shape index (κ3) is 4.29. The first kappa shape index (κ1) is 21.1. The fourth-order valence-corrected chi connectivity index (χ4v) is 5.50. The molecule has 1 atom stereocenters. The maximum absolute atomic E-state index is 12.9. The normalized spacial score (nSPS) is 20.1. The summed E-state index contributed by atoms with van der Waals surface area (Å²) in [7, 11) is 4.38. The van der Waals surface area contributed by atoms with E-state index in [9.17, 15) is 4.79 Å². The summed E-state index contributed by atoms with van der Waals surface area (Å²) >= 11 is 0. The van der Waals surface area contributed by atoms with Crippen LogP contribution in [-0.2, 0) is 6.54 Å². The molecule has 2 fully saturated rings. The van der Waals surface area contributed by atoms with E-state index in [1.165, 1.54) is 32.1 Å². The fourth-order valence-electron chi connectivity index (χ4n) is 5.50. The molecule has 0 spiro atoms. The third-order valence-electron chi connectivity index (χ3n) is 7.40. The Bertz CT molecular complexity index is 1110. The number of nitrogens with one attached hydrogen (secondary N) is 2. The van der Waals surface area contributed by atoms with Gasteiger partial charge in [0.25, 0.3) is 0 Å². The van der Waals surface area contributed by atoms with Gasteiger partial charge in [-0.2, -0.15) is 0 Å². The van der Waals surface area contributed by atoms with Crippen molar-refractivity contribution in [1.29, 1.82) is 0 Å². The number of para-hydroxylation sites is 1. The van der Waals surface area contributed by atoms with E-state index in [-0.39, 0.29) is 5.69 Å². The van der Waals surface area contributed by atoms with Crippen molar-refractivity contribution in [3.05, 3.63) is 52.9 Å². The van der Waals surface area contributed by atoms with Crippen molar-refractivity contribution < 1.29 is 0 Å². The molecule has 1 saturated carbocycles. The smallest absolute Gasteiger partial charge is 0.326 e. The van der Waals surface area contributed by atoms with Gasteiger partial charge in [0, 0.05) is 31.9 Å². The number of imidazole rings is 1. The monoisotopic (exact) mass is 433 g/mol. The van der Waals surface area contributed by atoms with Crippen molar-refractivity contribution >= 4 is 28.1 Å². The molecule has 1 saturated heterocycles. The molecule has 0 amide bonds. The second-order valence-corrected chi connectivity index (χ2v) is 9.74. The molecular formula is C26H35N5O. The minimum atomic E-state index is 0.0108. The SMILES string of the molecule is CN1CCC(N(C)c2cc3c(cc2Nc2ccccc2)[nH]c(=O)n3CC2CCCCC2)C1. The van der Waals surface area contributed by atoms with Gasteiger partial charge in [-0.3, -0.25) is 4.57 Å². The van der Waals surface area contributed by atoms with Crippen LogP contribution < -0.4 is 15.9 Å². The lowest BCUT2D eigenvalue weighted by Crippen LogP contribution is -2.34. The number of anilines is 3. The highest BCUT2D eigenvalue weighted by Gasteiger charge is 2.26. The van der Waals surface area contributed by atoms with Crippen molar-refractivity contribution in [2.24, 2.45) is 5.92 Å². The number of nitrogens with zero attached hydrogens (tertiary/aromatic N) is 3. The minimum Gasteiger partial charge on any atom is -0.369 e. The maximum Gasteiger partial charge on any atom is 0.326 e. The molecule has 1 unspecified atom stereocenters. The number of likely N-dealkylation sites (N-methyl/N-ethyl adjacent to an activating group) is 2. The number of fused-ring (bicyclic) bond motifs is 1. The van der Waals surface area contributed by atoms with E-state index in [2.05, 4.69) is 58.5 Å². The first-order valence-corrected chi connectivity index (χ1v) is 12.1. The summed E-state index contributed by atoms with van der Waals surface area (Å²) in [5.74, 6) is 0.604. The Morgan fingerprint density at radius 2 is 1.88 bits per heavy atom. The van der Waals surface area contributed by atoms with Crippen LogP contribution in [0.5, 0.6) is 0 Å². The molecule has 2 aromatic carbocycles. The van der Waals surface area contributed by atoms with Gasteiger partial charge in [0.1, 0.15) is 0 Å². The topological polar surface area (TPSA) is 56.3 Å². The van der Waals surface area contributed by atoms with Crippen LogP contribution in [0, 0.1) is 5.92 Å². The third-order valence-corrected chi connectivity index (χ3v) is 7.40. The van der Waals surface area contributed by atoms with E-state index in [1.54, 1.807) is 0 Å². The zero-order valence-corrected chi connectivity index (χ0v) is 19.3. The summed E-state index contributed by atoms with van der Waals surface area (Å²) in [5, 5.41) is 3.60. The largest absolute Gasteiger partial charge is 0.369 e. The Balaban J connectivity index is 1.55. The van der Waals surface area contributed by atoms with Crippen molar-refractivity contribution in [3.63, 3.8) is 0 Å². The lowest BCUT2D eigenvalue weighted by molar-refractivity contribution is 0.319. The van der Waals surface area contributed by atoms with Crippen molar-refractivity contribution in [2.45, 2.75) is 51.1 Å². The van der Waals surface area contributed by atoms with E-state index < -0.39 is 0 Å². The zero-order chi connectivity index (χ0) is 22.1. The number of benzene rings is 2. The van der Waals surface area contributed by atoms with Gasteiger partial charge in [-0.05, 0) is 63.0 Å². The molecular weight excluding hydrogens is 398 g/mol. The molecule has 2 heterocycles.